The molecule has 0 amide bonds. The van der Waals surface area contributed by atoms with E-state index in [1.165, 1.54) is 25.9 Å². The van der Waals surface area contributed by atoms with Crippen LogP contribution in [-0.2, 0) is 4.79 Å². The molecule has 1 aliphatic rings. The highest BCUT2D eigenvalue weighted by Gasteiger charge is 2.23. The number of likely N-dealkylation sites (tertiary alicyclic amines) is 1. The molecule has 17 heavy (non-hydrogen) atoms. The van der Waals surface area contributed by atoms with Crippen LogP contribution in [0.2, 0.25) is 0 Å². The molecule has 100 valence electrons. The van der Waals surface area contributed by atoms with Gasteiger partial charge in [-0.15, -0.1) is 0 Å². The van der Waals surface area contributed by atoms with Gasteiger partial charge in [0.2, 0.25) is 0 Å². The van der Waals surface area contributed by atoms with Crippen molar-refractivity contribution >= 4 is 5.78 Å². The Morgan fingerprint density at radius 3 is 2.41 bits per heavy atom. The number of hydrogen-bond acceptors (Lipinski definition) is 3. The molecule has 0 unspecified atom stereocenters. The fourth-order valence-corrected chi connectivity index (χ4v) is 2.60. The molecule has 1 fully saturated rings. The van der Waals surface area contributed by atoms with Gasteiger partial charge in [-0.2, -0.15) is 0 Å². The van der Waals surface area contributed by atoms with Gasteiger partial charge in [0, 0.05) is 18.5 Å². The molecule has 0 aromatic rings. The number of nitrogens with zero attached hydrogens (tertiary/aromatic N) is 2. The Morgan fingerprint density at radius 1 is 1.35 bits per heavy atom. The van der Waals surface area contributed by atoms with Gasteiger partial charge in [-0.25, -0.2) is 0 Å². The summed E-state index contributed by atoms with van der Waals surface area (Å²) in [5.74, 6) is 0.313. The second-order valence-corrected chi connectivity index (χ2v) is 5.65. The Bertz CT molecular complexity index is 232. The number of piperidine rings is 1. The van der Waals surface area contributed by atoms with Gasteiger partial charge >= 0.3 is 0 Å². The number of rotatable bonds is 6. The summed E-state index contributed by atoms with van der Waals surface area (Å²) >= 11 is 0. The average molecular weight is 240 g/mol. The molecule has 0 aromatic carbocycles. The number of Topliss-reactive ketones (excluding diaryl/α,β-unsaturated/α-hetero) is 1. The van der Waals surface area contributed by atoms with Crippen LogP contribution >= 0.6 is 0 Å². The summed E-state index contributed by atoms with van der Waals surface area (Å²) in [6.07, 6.45) is 4.29. The first kappa shape index (κ1) is 14.7. The summed E-state index contributed by atoms with van der Waals surface area (Å²) in [6, 6.07) is 1.40. The molecule has 0 aromatic heterocycles. The average Bonchev–Trinajstić information content (AvgIpc) is 2.28. The number of carbonyl (C=O) groups is 1. The van der Waals surface area contributed by atoms with Crippen molar-refractivity contribution in [3.63, 3.8) is 0 Å². The molecule has 0 N–H and O–H groups in total. The van der Waals surface area contributed by atoms with Gasteiger partial charge in [-0.3, -0.25) is 0 Å². The Morgan fingerprint density at radius 2 is 1.94 bits per heavy atom. The lowest BCUT2D eigenvalue weighted by Crippen LogP contribution is -2.45. The summed E-state index contributed by atoms with van der Waals surface area (Å²) < 4.78 is 0. The zero-order valence-electron chi connectivity index (χ0n) is 11.9. The van der Waals surface area contributed by atoms with Gasteiger partial charge in [0.15, 0.2) is 0 Å². The number of hydrogen-bond donors (Lipinski definition) is 0. The third-order valence-electron chi connectivity index (χ3n) is 3.89. The van der Waals surface area contributed by atoms with E-state index in [0.717, 1.165) is 25.4 Å². The second kappa shape index (κ2) is 7.12. The summed E-state index contributed by atoms with van der Waals surface area (Å²) in [7, 11) is 2.20. The van der Waals surface area contributed by atoms with Crippen molar-refractivity contribution in [1.82, 2.24) is 9.80 Å². The highest BCUT2D eigenvalue weighted by atomic mass is 16.1. The van der Waals surface area contributed by atoms with E-state index in [1.807, 2.05) is 0 Å². The number of carbonyl (C=O) groups excluding carboxylic acids is 1. The minimum Gasteiger partial charge on any atom is -0.303 e. The molecule has 0 aliphatic carbocycles. The van der Waals surface area contributed by atoms with E-state index in [4.69, 9.17) is 0 Å². The first-order valence-corrected chi connectivity index (χ1v) is 6.94. The minimum absolute atomic E-state index is 0.313. The zero-order chi connectivity index (χ0) is 12.8. The molecule has 1 rings (SSSR count). The third-order valence-corrected chi connectivity index (χ3v) is 3.89. The van der Waals surface area contributed by atoms with Crippen LogP contribution in [0.3, 0.4) is 0 Å². The monoisotopic (exact) mass is 240 g/mol. The van der Waals surface area contributed by atoms with Gasteiger partial charge in [0.25, 0.3) is 0 Å². The van der Waals surface area contributed by atoms with Crippen LogP contribution in [0.1, 0.15) is 46.5 Å². The zero-order valence-corrected chi connectivity index (χ0v) is 11.9. The summed E-state index contributed by atoms with van der Waals surface area (Å²) in [5.41, 5.74) is 0. The maximum Gasteiger partial charge on any atom is 0.129 e. The van der Waals surface area contributed by atoms with E-state index >= 15 is 0 Å². The maximum absolute atomic E-state index is 10.9. The predicted molar refractivity (Wildman–Crippen MR) is 72.3 cm³/mol. The van der Waals surface area contributed by atoms with Gasteiger partial charge in [0.1, 0.15) is 5.78 Å². The second-order valence-electron chi connectivity index (χ2n) is 5.65. The fraction of sp³-hybridized carbons (Fsp3) is 0.929. The highest BCUT2D eigenvalue weighted by molar-refractivity contribution is 5.75. The van der Waals surface area contributed by atoms with Crippen molar-refractivity contribution in [2.45, 2.75) is 58.5 Å². The van der Waals surface area contributed by atoms with Crippen LogP contribution in [0.15, 0.2) is 0 Å². The predicted octanol–water partition coefficient (Wildman–Crippen LogP) is 2.16. The topological polar surface area (TPSA) is 23.6 Å². The smallest absolute Gasteiger partial charge is 0.129 e. The van der Waals surface area contributed by atoms with E-state index in [2.05, 4.69) is 30.7 Å². The van der Waals surface area contributed by atoms with Crippen LogP contribution in [0.25, 0.3) is 0 Å². The number of ketones is 1. The first-order valence-electron chi connectivity index (χ1n) is 6.94. The van der Waals surface area contributed by atoms with Gasteiger partial charge < -0.3 is 14.6 Å². The van der Waals surface area contributed by atoms with Crippen molar-refractivity contribution in [3.8, 4) is 0 Å². The summed E-state index contributed by atoms with van der Waals surface area (Å²) in [6.45, 7) is 9.74. The molecular formula is C14H28N2O. The van der Waals surface area contributed by atoms with Crippen molar-refractivity contribution in [1.29, 1.82) is 0 Å². The van der Waals surface area contributed by atoms with E-state index in [-0.39, 0.29) is 0 Å². The van der Waals surface area contributed by atoms with Crippen LogP contribution < -0.4 is 0 Å². The Labute approximate surface area is 106 Å². The molecule has 0 atom stereocenters. The molecular weight excluding hydrogens is 212 g/mol. The molecule has 1 heterocycles. The normalized spacial score (nSPS) is 19.2. The lowest BCUT2D eigenvalue weighted by molar-refractivity contribution is -0.117. The van der Waals surface area contributed by atoms with E-state index in [9.17, 15) is 4.79 Å². The largest absolute Gasteiger partial charge is 0.303 e. The summed E-state index contributed by atoms with van der Waals surface area (Å²) in [5, 5.41) is 0. The van der Waals surface area contributed by atoms with Crippen molar-refractivity contribution < 1.29 is 4.79 Å². The molecule has 0 radical (unpaired) electrons. The van der Waals surface area contributed by atoms with Gasteiger partial charge in [-0.05, 0) is 66.7 Å². The quantitative estimate of drug-likeness (QED) is 0.711. The van der Waals surface area contributed by atoms with Crippen LogP contribution in [-0.4, -0.2) is 54.3 Å². The van der Waals surface area contributed by atoms with E-state index < -0.39 is 0 Å². The lowest BCUT2D eigenvalue weighted by atomic mass is 10.0. The minimum atomic E-state index is 0.313. The van der Waals surface area contributed by atoms with Crippen molar-refractivity contribution in [2.24, 2.45) is 0 Å². The Hall–Kier alpha value is -0.410. The molecule has 1 aliphatic heterocycles. The molecule has 0 saturated carbocycles. The molecule has 0 spiro atoms. The van der Waals surface area contributed by atoms with Crippen LogP contribution in [0, 0.1) is 0 Å². The first-order chi connectivity index (χ1) is 8.00. The van der Waals surface area contributed by atoms with Crippen molar-refractivity contribution in [3.05, 3.63) is 0 Å². The van der Waals surface area contributed by atoms with Gasteiger partial charge in [-0.1, -0.05) is 0 Å². The van der Waals surface area contributed by atoms with Crippen LogP contribution in [0.5, 0.6) is 0 Å². The molecule has 3 nitrogen and oxygen atoms in total. The van der Waals surface area contributed by atoms with Gasteiger partial charge in [0.05, 0.1) is 0 Å². The third kappa shape index (κ3) is 5.17. The standard InChI is InChI=1S/C14H28N2O/c1-12(2)16-10-7-14(8-11-16)15(4)9-5-6-13(3)17/h12,14H,5-11H2,1-4H3. The maximum atomic E-state index is 10.9. The van der Waals surface area contributed by atoms with Crippen LogP contribution in [0.4, 0.5) is 0 Å². The van der Waals surface area contributed by atoms with E-state index in [1.54, 1.807) is 6.92 Å². The Kier molecular flexibility index (Phi) is 6.14. The lowest BCUT2D eigenvalue weighted by Gasteiger charge is -2.38. The Balaban J connectivity index is 2.21. The van der Waals surface area contributed by atoms with E-state index in [0.29, 0.717) is 11.8 Å². The summed E-state index contributed by atoms with van der Waals surface area (Å²) in [4.78, 5) is 15.9. The molecule has 3 heteroatoms. The highest BCUT2D eigenvalue weighted by Crippen LogP contribution is 2.17. The van der Waals surface area contributed by atoms with Crippen molar-refractivity contribution in [2.75, 3.05) is 26.7 Å². The molecule has 0 bridgehead atoms. The fourth-order valence-electron chi connectivity index (χ4n) is 2.60. The SMILES string of the molecule is CC(=O)CCCN(C)C1CCN(C(C)C)CC1. The molecule has 1 saturated heterocycles.